The molecule has 0 saturated carbocycles. The van der Waals surface area contributed by atoms with Crippen LogP contribution in [-0.4, -0.2) is 65.9 Å². The minimum Gasteiger partial charge on any atom is -0.496 e. The Morgan fingerprint density at radius 3 is 2.47 bits per heavy atom. The standard InChI is InChI=1S/C20H24N4O6/c1-13-4-7-18(30-13)20(26)23-10-8-22(9-11-23)14(2)19(25)21-16-6-5-15(29-3)12-17(16)24(27)28/h4-7,12,14H,8-11H2,1-3H3,(H,21,25). The van der Waals surface area contributed by atoms with Gasteiger partial charge < -0.3 is 19.4 Å². The number of aryl methyl sites for hydroxylation is 1. The zero-order valence-corrected chi connectivity index (χ0v) is 17.1. The highest BCUT2D eigenvalue weighted by atomic mass is 16.6. The van der Waals surface area contributed by atoms with E-state index in [2.05, 4.69) is 5.32 Å². The maximum Gasteiger partial charge on any atom is 0.296 e. The molecule has 0 spiro atoms. The fraction of sp³-hybridized carbons (Fsp3) is 0.400. The second-order valence-electron chi connectivity index (χ2n) is 7.04. The van der Waals surface area contributed by atoms with E-state index in [-0.39, 0.29) is 23.2 Å². The highest BCUT2D eigenvalue weighted by Crippen LogP contribution is 2.29. The fourth-order valence-corrected chi connectivity index (χ4v) is 3.32. The average molecular weight is 416 g/mol. The summed E-state index contributed by atoms with van der Waals surface area (Å²) in [4.78, 5) is 39.5. The van der Waals surface area contributed by atoms with Gasteiger partial charge in [0.1, 0.15) is 17.2 Å². The van der Waals surface area contributed by atoms with Gasteiger partial charge in [0.25, 0.3) is 11.6 Å². The molecule has 1 N–H and O–H groups in total. The zero-order valence-electron chi connectivity index (χ0n) is 17.1. The molecule has 1 aliphatic rings. The Kier molecular flexibility index (Phi) is 6.36. The van der Waals surface area contributed by atoms with E-state index in [1.54, 1.807) is 36.9 Å². The van der Waals surface area contributed by atoms with Crippen LogP contribution in [0, 0.1) is 17.0 Å². The van der Waals surface area contributed by atoms with E-state index in [4.69, 9.17) is 9.15 Å². The number of hydrogen-bond acceptors (Lipinski definition) is 7. The number of amides is 2. The number of furan rings is 1. The van der Waals surface area contributed by atoms with Gasteiger partial charge >= 0.3 is 0 Å². The van der Waals surface area contributed by atoms with Crippen LogP contribution >= 0.6 is 0 Å². The molecular weight excluding hydrogens is 392 g/mol. The van der Waals surface area contributed by atoms with Gasteiger partial charge in [-0.1, -0.05) is 0 Å². The van der Waals surface area contributed by atoms with Crippen molar-refractivity contribution in [1.29, 1.82) is 0 Å². The molecule has 0 radical (unpaired) electrons. The molecule has 2 amide bonds. The molecule has 1 aromatic carbocycles. The van der Waals surface area contributed by atoms with Crippen LogP contribution in [0.4, 0.5) is 11.4 Å². The van der Waals surface area contributed by atoms with Crippen molar-refractivity contribution < 1.29 is 23.7 Å². The molecule has 1 aliphatic heterocycles. The van der Waals surface area contributed by atoms with Gasteiger partial charge in [-0.25, -0.2) is 0 Å². The molecule has 3 rings (SSSR count). The number of nitrogens with one attached hydrogen (secondary N) is 1. The van der Waals surface area contributed by atoms with Crippen molar-refractivity contribution in [2.24, 2.45) is 0 Å². The van der Waals surface area contributed by atoms with Gasteiger partial charge in [-0.15, -0.1) is 0 Å². The highest BCUT2D eigenvalue weighted by Gasteiger charge is 2.29. The number of benzene rings is 1. The average Bonchev–Trinajstić information content (AvgIpc) is 3.19. The first-order valence-electron chi connectivity index (χ1n) is 9.53. The number of carbonyl (C=O) groups excluding carboxylic acids is 2. The number of carbonyl (C=O) groups is 2. The Morgan fingerprint density at radius 1 is 1.20 bits per heavy atom. The summed E-state index contributed by atoms with van der Waals surface area (Å²) in [5.41, 5.74) is -0.126. The van der Waals surface area contributed by atoms with E-state index in [1.165, 1.54) is 19.2 Å². The van der Waals surface area contributed by atoms with Crippen LogP contribution < -0.4 is 10.1 Å². The Hall–Kier alpha value is -3.40. The number of methoxy groups -OCH3 is 1. The lowest BCUT2D eigenvalue weighted by Crippen LogP contribution is -2.54. The lowest BCUT2D eigenvalue weighted by atomic mass is 10.2. The number of nitrogens with zero attached hydrogens (tertiary/aromatic N) is 3. The summed E-state index contributed by atoms with van der Waals surface area (Å²) >= 11 is 0. The number of anilines is 1. The first kappa shape index (κ1) is 21.3. The first-order valence-corrected chi connectivity index (χ1v) is 9.53. The summed E-state index contributed by atoms with van der Waals surface area (Å²) < 4.78 is 10.4. The van der Waals surface area contributed by atoms with E-state index >= 15 is 0 Å². The van der Waals surface area contributed by atoms with Crippen molar-refractivity contribution in [2.75, 3.05) is 38.6 Å². The molecule has 2 heterocycles. The van der Waals surface area contributed by atoms with Crippen molar-refractivity contribution in [1.82, 2.24) is 9.80 Å². The van der Waals surface area contributed by atoms with Crippen molar-refractivity contribution in [2.45, 2.75) is 19.9 Å². The lowest BCUT2D eigenvalue weighted by molar-refractivity contribution is -0.384. The zero-order chi connectivity index (χ0) is 21.8. The normalized spacial score (nSPS) is 15.5. The fourth-order valence-electron chi connectivity index (χ4n) is 3.32. The van der Waals surface area contributed by atoms with Crippen molar-refractivity contribution in [3.63, 3.8) is 0 Å². The molecule has 1 atom stereocenters. The molecule has 0 aliphatic carbocycles. The van der Waals surface area contributed by atoms with Gasteiger partial charge in [0.05, 0.1) is 24.1 Å². The second-order valence-corrected chi connectivity index (χ2v) is 7.04. The third kappa shape index (κ3) is 4.60. The summed E-state index contributed by atoms with van der Waals surface area (Å²) in [6, 6.07) is 7.14. The van der Waals surface area contributed by atoms with Gasteiger partial charge in [-0.05, 0) is 38.1 Å². The number of ether oxygens (including phenoxy) is 1. The molecule has 1 saturated heterocycles. The van der Waals surface area contributed by atoms with Gasteiger partial charge in [-0.2, -0.15) is 0 Å². The van der Waals surface area contributed by atoms with E-state index in [9.17, 15) is 19.7 Å². The molecule has 0 bridgehead atoms. The Labute approximate surface area is 173 Å². The van der Waals surface area contributed by atoms with E-state index in [0.29, 0.717) is 43.4 Å². The molecule has 1 aromatic heterocycles. The van der Waals surface area contributed by atoms with Crippen LogP contribution in [0.2, 0.25) is 0 Å². The predicted molar refractivity (Wildman–Crippen MR) is 109 cm³/mol. The number of hydrogen-bond donors (Lipinski definition) is 1. The molecule has 10 nitrogen and oxygen atoms in total. The Bertz CT molecular complexity index is 949. The minimum absolute atomic E-state index is 0.111. The van der Waals surface area contributed by atoms with Crippen molar-refractivity contribution in [3.8, 4) is 5.75 Å². The van der Waals surface area contributed by atoms with Crippen LogP contribution in [0.3, 0.4) is 0 Å². The number of rotatable bonds is 6. The SMILES string of the molecule is COc1ccc(NC(=O)C(C)N2CCN(C(=O)c3ccc(C)o3)CC2)c([N+](=O)[O-])c1. The Balaban J connectivity index is 1.60. The quantitative estimate of drug-likeness (QED) is 0.567. The summed E-state index contributed by atoms with van der Waals surface area (Å²) in [6.45, 7) is 5.44. The van der Waals surface area contributed by atoms with Crippen LogP contribution in [0.25, 0.3) is 0 Å². The summed E-state index contributed by atoms with van der Waals surface area (Å²) in [5.74, 6) is 0.784. The number of piperazine rings is 1. The third-order valence-corrected chi connectivity index (χ3v) is 5.14. The molecule has 2 aromatic rings. The van der Waals surface area contributed by atoms with Gasteiger partial charge in [0.2, 0.25) is 5.91 Å². The van der Waals surface area contributed by atoms with Gasteiger partial charge in [0.15, 0.2) is 5.76 Å². The minimum atomic E-state index is -0.566. The topological polar surface area (TPSA) is 118 Å². The van der Waals surface area contributed by atoms with Crippen LogP contribution in [0.5, 0.6) is 5.75 Å². The summed E-state index contributed by atoms with van der Waals surface area (Å²) in [6.07, 6.45) is 0. The smallest absolute Gasteiger partial charge is 0.296 e. The lowest BCUT2D eigenvalue weighted by Gasteiger charge is -2.37. The molecule has 160 valence electrons. The molecule has 30 heavy (non-hydrogen) atoms. The maximum atomic E-state index is 12.7. The van der Waals surface area contributed by atoms with E-state index in [0.717, 1.165) is 0 Å². The molecular formula is C20H24N4O6. The van der Waals surface area contributed by atoms with Crippen LogP contribution in [-0.2, 0) is 4.79 Å². The van der Waals surface area contributed by atoms with Crippen molar-refractivity contribution in [3.05, 3.63) is 52.0 Å². The van der Waals surface area contributed by atoms with E-state index in [1.807, 2.05) is 4.90 Å². The first-order chi connectivity index (χ1) is 14.3. The largest absolute Gasteiger partial charge is 0.496 e. The second kappa shape index (κ2) is 8.95. The Morgan fingerprint density at radius 2 is 1.90 bits per heavy atom. The molecule has 1 unspecified atom stereocenters. The molecule has 10 heteroatoms. The number of nitro benzene ring substituents is 1. The van der Waals surface area contributed by atoms with Gasteiger partial charge in [0, 0.05) is 26.2 Å². The monoisotopic (exact) mass is 416 g/mol. The predicted octanol–water partition coefficient (Wildman–Crippen LogP) is 2.29. The van der Waals surface area contributed by atoms with E-state index < -0.39 is 11.0 Å². The summed E-state index contributed by atoms with van der Waals surface area (Å²) in [7, 11) is 1.41. The highest BCUT2D eigenvalue weighted by molar-refractivity contribution is 5.96. The van der Waals surface area contributed by atoms with Crippen LogP contribution in [0.1, 0.15) is 23.2 Å². The van der Waals surface area contributed by atoms with Crippen molar-refractivity contribution >= 4 is 23.2 Å². The van der Waals surface area contributed by atoms with Gasteiger partial charge in [-0.3, -0.25) is 24.6 Å². The van der Waals surface area contributed by atoms with Crippen LogP contribution in [0.15, 0.2) is 34.7 Å². The third-order valence-electron chi connectivity index (χ3n) is 5.14. The molecule has 1 fully saturated rings. The maximum absolute atomic E-state index is 12.7. The number of nitro groups is 1. The summed E-state index contributed by atoms with van der Waals surface area (Å²) in [5, 5.41) is 13.9.